The van der Waals surface area contributed by atoms with Crippen LogP contribution in [0.1, 0.15) is 12.8 Å². The van der Waals surface area contributed by atoms with E-state index in [2.05, 4.69) is 81.9 Å². The fourth-order valence-electron chi connectivity index (χ4n) is 6.58. The molecule has 0 saturated heterocycles. The molecule has 4 aromatic carbocycles. The SMILES string of the molecule is C1=CC2=C(CC1)n1c3ccccc3oc3cc4oc5ccccc5n5c4c(c31)B2c1ccccc1-5. The molecular formula is C30H19BN2O2. The van der Waals surface area contributed by atoms with Crippen LogP contribution in [0, 0.1) is 0 Å². The zero-order chi connectivity index (χ0) is 22.7. The van der Waals surface area contributed by atoms with E-state index >= 15 is 0 Å². The molecule has 2 aliphatic heterocycles. The molecule has 5 heteroatoms. The molecule has 164 valence electrons. The zero-order valence-corrected chi connectivity index (χ0v) is 18.9. The highest BCUT2D eigenvalue weighted by atomic mass is 16.3. The molecular weight excluding hydrogens is 431 g/mol. The Morgan fingerprint density at radius 3 is 2.14 bits per heavy atom. The molecule has 0 radical (unpaired) electrons. The van der Waals surface area contributed by atoms with Crippen LogP contribution in [0.3, 0.4) is 0 Å². The molecule has 0 saturated carbocycles. The molecule has 0 unspecified atom stereocenters. The van der Waals surface area contributed by atoms with E-state index in [9.17, 15) is 0 Å². The highest BCUT2D eigenvalue weighted by Gasteiger charge is 2.41. The van der Waals surface area contributed by atoms with E-state index in [0.717, 1.165) is 57.2 Å². The normalized spacial score (nSPS) is 15.5. The van der Waals surface area contributed by atoms with Gasteiger partial charge in [0.2, 0.25) is 0 Å². The van der Waals surface area contributed by atoms with Crippen LogP contribution < -0.4 is 10.9 Å². The van der Waals surface area contributed by atoms with Crippen LogP contribution in [0.2, 0.25) is 0 Å². The van der Waals surface area contributed by atoms with Gasteiger partial charge in [0.25, 0.3) is 6.71 Å². The zero-order valence-electron chi connectivity index (χ0n) is 18.9. The van der Waals surface area contributed by atoms with Crippen molar-refractivity contribution in [3.05, 3.63) is 96.5 Å². The summed E-state index contributed by atoms with van der Waals surface area (Å²) in [4.78, 5) is 0. The lowest BCUT2D eigenvalue weighted by Crippen LogP contribution is -2.53. The lowest BCUT2D eigenvalue weighted by Gasteiger charge is -2.37. The van der Waals surface area contributed by atoms with E-state index in [1.165, 1.54) is 27.8 Å². The van der Waals surface area contributed by atoms with Crippen LogP contribution in [-0.4, -0.2) is 15.8 Å². The van der Waals surface area contributed by atoms with E-state index in [0.29, 0.717) is 0 Å². The van der Waals surface area contributed by atoms with Crippen molar-refractivity contribution in [3.8, 4) is 5.69 Å². The second kappa shape index (κ2) is 6.19. The van der Waals surface area contributed by atoms with Gasteiger partial charge in [0, 0.05) is 17.5 Å². The fourth-order valence-corrected chi connectivity index (χ4v) is 6.58. The van der Waals surface area contributed by atoms with Crippen molar-refractivity contribution in [1.82, 2.24) is 9.13 Å². The minimum absolute atomic E-state index is 0.136. The van der Waals surface area contributed by atoms with Gasteiger partial charge in [-0.25, -0.2) is 0 Å². The third-order valence-corrected chi connectivity index (χ3v) is 7.88. The Balaban J connectivity index is 1.64. The Labute approximate surface area is 200 Å². The number of aromatic nitrogens is 2. The molecule has 3 aliphatic rings. The lowest BCUT2D eigenvalue weighted by atomic mass is 9.33. The summed E-state index contributed by atoms with van der Waals surface area (Å²) >= 11 is 0. The predicted octanol–water partition coefficient (Wildman–Crippen LogP) is 6.24. The second-order valence-corrected chi connectivity index (χ2v) is 9.63. The van der Waals surface area contributed by atoms with E-state index in [1.807, 2.05) is 18.2 Å². The standard InChI is InChI=1S/C30H19BN2O2/c1-3-11-20-18(9-1)31-19-10-2-4-12-21(19)33-23-14-6-8-16-25(23)35-27-17-26-29(28(31)30(27)33)32(20)22-13-5-7-15-24(22)34-26/h1-3,5-11,13-17H,4,12H2. The maximum Gasteiger partial charge on any atom is 0.252 e. The van der Waals surface area contributed by atoms with Crippen molar-refractivity contribution < 1.29 is 8.83 Å². The summed E-state index contributed by atoms with van der Waals surface area (Å²) < 4.78 is 18.0. The summed E-state index contributed by atoms with van der Waals surface area (Å²) in [5.74, 6) is 0. The quantitative estimate of drug-likeness (QED) is 0.203. The number of hydrogen-bond donors (Lipinski definition) is 0. The molecule has 0 bridgehead atoms. The van der Waals surface area contributed by atoms with Crippen molar-refractivity contribution in [2.24, 2.45) is 0 Å². The predicted molar refractivity (Wildman–Crippen MR) is 143 cm³/mol. The smallest absolute Gasteiger partial charge is 0.252 e. The number of para-hydroxylation sites is 5. The van der Waals surface area contributed by atoms with Gasteiger partial charge in [-0.3, -0.25) is 0 Å². The van der Waals surface area contributed by atoms with E-state index in [-0.39, 0.29) is 6.71 Å². The minimum atomic E-state index is 0.136. The van der Waals surface area contributed by atoms with E-state index in [4.69, 9.17) is 8.83 Å². The average Bonchev–Trinajstić information content (AvgIpc) is 2.92. The third kappa shape index (κ3) is 2.11. The summed E-state index contributed by atoms with van der Waals surface area (Å²) in [6.45, 7) is 0.136. The molecule has 0 N–H and O–H groups in total. The largest absolute Gasteiger partial charge is 0.453 e. The number of hydrogen-bond acceptors (Lipinski definition) is 2. The van der Waals surface area contributed by atoms with E-state index in [1.54, 1.807) is 0 Å². The van der Waals surface area contributed by atoms with Gasteiger partial charge in [-0.1, -0.05) is 54.6 Å². The van der Waals surface area contributed by atoms with Gasteiger partial charge >= 0.3 is 0 Å². The summed E-state index contributed by atoms with van der Waals surface area (Å²) in [5, 5.41) is 0. The Hall–Kier alpha value is -4.38. The van der Waals surface area contributed by atoms with Crippen molar-refractivity contribution in [2.75, 3.05) is 0 Å². The topological polar surface area (TPSA) is 36.1 Å². The molecule has 0 atom stereocenters. The summed E-state index contributed by atoms with van der Waals surface area (Å²) in [7, 11) is 0. The Kier molecular flexibility index (Phi) is 3.19. The van der Waals surface area contributed by atoms with Crippen molar-refractivity contribution in [1.29, 1.82) is 0 Å². The first kappa shape index (κ1) is 18.0. The van der Waals surface area contributed by atoms with Gasteiger partial charge in [0.1, 0.15) is 0 Å². The lowest BCUT2D eigenvalue weighted by molar-refractivity contribution is 0.639. The van der Waals surface area contributed by atoms with Gasteiger partial charge in [0.05, 0.1) is 22.1 Å². The van der Waals surface area contributed by atoms with Gasteiger partial charge < -0.3 is 18.0 Å². The van der Waals surface area contributed by atoms with Crippen molar-refractivity contribution >= 4 is 67.7 Å². The maximum atomic E-state index is 6.57. The van der Waals surface area contributed by atoms with Crippen LogP contribution >= 0.6 is 0 Å². The number of nitrogens with zero attached hydrogens (tertiary/aromatic N) is 2. The van der Waals surface area contributed by atoms with Crippen LogP contribution in [-0.2, 0) is 0 Å². The molecule has 4 nitrogen and oxygen atoms in total. The number of allylic oxidation sites excluding steroid dienone is 4. The third-order valence-electron chi connectivity index (χ3n) is 7.88. The van der Waals surface area contributed by atoms with Crippen molar-refractivity contribution in [2.45, 2.75) is 12.8 Å². The maximum absolute atomic E-state index is 6.57. The molecule has 35 heavy (non-hydrogen) atoms. The minimum Gasteiger partial charge on any atom is -0.453 e. The molecule has 6 aromatic rings. The van der Waals surface area contributed by atoms with Crippen LogP contribution in [0.5, 0.6) is 0 Å². The average molecular weight is 450 g/mol. The monoisotopic (exact) mass is 450 g/mol. The van der Waals surface area contributed by atoms with Gasteiger partial charge in [0.15, 0.2) is 22.3 Å². The molecule has 1 aliphatic carbocycles. The number of rotatable bonds is 0. The van der Waals surface area contributed by atoms with Crippen LogP contribution in [0.4, 0.5) is 0 Å². The Morgan fingerprint density at radius 2 is 1.34 bits per heavy atom. The highest BCUT2D eigenvalue weighted by Crippen LogP contribution is 2.41. The summed E-state index contributed by atoms with van der Waals surface area (Å²) in [6.07, 6.45) is 6.74. The second-order valence-electron chi connectivity index (χ2n) is 9.63. The first-order valence-electron chi connectivity index (χ1n) is 12.2. The first-order valence-corrected chi connectivity index (χ1v) is 12.2. The van der Waals surface area contributed by atoms with Crippen LogP contribution in [0.15, 0.2) is 105 Å². The number of benzene rings is 4. The van der Waals surface area contributed by atoms with Gasteiger partial charge in [-0.05, 0) is 59.6 Å². The fraction of sp³-hybridized carbons (Fsp3) is 0.0667. The van der Waals surface area contributed by atoms with Crippen LogP contribution in [0.25, 0.3) is 55.8 Å². The van der Waals surface area contributed by atoms with E-state index < -0.39 is 0 Å². The van der Waals surface area contributed by atoms with Gasteiger partial charge in [-0.2, -0.15) is 0 Å². The number of fused-ring (bicyclic) bond motifs is 9. The highest BCUT2D eigenvalue weighted by molar-refractivity contribution is 6.96. The molecule has 0 spiro atoms. The molecule has 2 aromatic heterocycles. The molecule has 9 rings (SSSR count). The summed E-state index contributed by atoms with van der Waals surface area (Å²) in [5.41, 5.74) is 14.5. The Morgan fingerprint density at radius 1 is 0.686 bits per heavy atom. The molecule has 4 heterocycles. The molecule has 0 fully saturated rings. The molecule has 0 amide bonds. The summed E-state index contributed by atoms with van der Waals surface area (Å²) in [6, 6.07) is 27.6. The van der Waals surface area contributed by atoms with Gasteiger partial charge in [-0.15, -0.1) is 0 Å². The first-order chi connectivity index (χ1) is 17.4. The Bertz CT molecular complexity index is 2030. The van der Waals surface area contributed by atoms with Crippen molar-refractivity contribution in [3.63, 3.8) is 0 Å².